The molecule has 1 aliphatic heterocycles. The van der Waals surface area contributed by atoms with Crippen LogP contribution < -0.4 is 10.2 Å². The molecule has 2 amide bonds. The van der Waals surface area contributed by atoms with Crippen LogP contribution in [0.3, 0.4) is 0 Å². The molecule has 0 radical (unpaired) electrons. The van der Waals surface area contributed by atoms with Crippen molar-refractivity contribution in [2.24, 2.45) is 0 Å². The number of carbonyl (C=O) groups is 2. The number of furan rings is 1. The van der Waals surface area contributed by atoms with E-state index in [1.807, 2.05) is 66.9 Å². The number of para-hydroxylation sites is 2. The number of fused-ring (bicyclic) bond motifs is 1. The predicted octanol–water partition coefficient (Wildman–Crippen LogP) is 4.36. The van der Waals surface area contributed by atoms with Gasteiger partial charge in [0.2, 0.25) is 11.8 Å². The summed E-state index contributed by atoms with van der Waals surface area (Å²) in [5.41, 5.74) is 3.38. The number of anilines is 2. The van der Waals surface area contributed by atoms with Gasteiger partial charge in [-0.2, -0.15) is 0 Å². The van der Waals surface area contributed by atoms with Gasteiger partial charge in [0, 0.05) is 5.56 Å². The summed E-state index contributed by atoms with van der Waals surface area (Å²) in [7, 11) is 0. The van der Waals surface area contributed by atoms with Gasteiger partial charge in [-0.3, -0.25) is 19.1 Å². The van der Waals surface area contributed by atoms with E-state index in [0.717, 1.165) is 16.9 Å². The molecular weight excluding hydrogens is 450 g/mol. The minimum absolute atomic E-state index is 0.0195. The van der Waals surface area contributed by atoms with E-state index in [-0.39, 0.29) is 18.4 Å². The molecule has 1 unspecified atom stereocenters. The number of hydrogen-bond donors (Lipinski definition) is 1. The third-order valence-corrected chi connectivity index (χ3v) is 6.62. The van der Waals surface area contributed by atoms with Crippen molar-refractivity contribution in [2.75, 3.05) is 16.8 Å². The fourth-order valence-corrected chi connectivity index (χ4v) is 4.84. The molecule has 34 heavy (non-hydrogen) atoms. The summed E-state index contributed by atoms with van der Waals surface area (Å²) in [6.07, 6.45) is 1.63. The van der Waals surface area contributed by atoms with Crippen molar-refractivity contribution < 1.29 is 14.0 Å². The van der Waals surface area contributed by atoms with Crippen molar-refractivity contribution in [2.45, 2.75) is 30.8 Å². The molecule has 0 spiro atoms. The van der Waals surface area contributed by atoms with Crippen LogP contribution in [0.15, 0.2) is 76.5 Å². The van der Waals surface area contributed by atoms with E-state index in [9.17, 15) is 9.59 Å². The van der Waals surface area contributed by atoms with Gasteiger partial charge in [-0.25, -0.2) is 0 Å². The first-order valence-electron chi connectivity index (χ1n) is 10.9. The van der Waals surface area contributed by atoms with Crippen LogP contribution >= 0.6 is 11.8 Å². The highest BCUT2D eigenvalue weighted by Crippen LogP contribution is 2.33. The third-order valence-electron chi connectivity index (χ3n) is 5.55. The number of nitrogens with zero attached hydrogens (tertiary/aromatic N) is 4. The van der Waals surface area contributed by atoms with Crippen molar-refractivity contribution in [1.82, 2.24) is 14.8 Å². The first kappa shape index (κ1) is 22.0. The molecule has 5 rings (SSSR count). The second-order valence-corrected chi connectivity index (χ2v) is 9.40. The maximum absolute atomic E-state index is 13.4. The Bertz CT molecular complexity index is 1350. The fraction of sp³-hybridized carbons (Fsp3) is 0.200. The van der Waals surface area contributed by atoms with Crippen molar-refractivity contribution in [1.29, 1.82) is 0 Å². The normalized spacial score (nSPS) is 13.9. The Balaban J connectivity index is 1.45. The van der Waals surface area contributed by atoms with E-state index >= 15 is 0 Å². The Morgan fingerprint density at radius 3 is 2.79 bits per heavy atom. The fourth-order valence-electron chi connectivity index (χ4n) is 3.93. The van der Waals surface area contributed by atoms with Crippen molar-refractivity contribution >= 4 is 35.0 Å². The summed E-state index contributed by atoms with van der Waals surface area (Å²) < 4.78 is 7.53. The third kappa shape index (κ3) is 4.34. The maximum atomic E-state index is 13.4. The standard InChI is InChI=1S/C25H23N5O3S/c1-16-7-5-8-18(13-16)23-27-28-25(30(23)14-19-9-6-12-33-19)34-17(2)24(32)29-15-22(31)26-20-10-3-4-11-21(20)29/h3-13,17H,14-15H2,1-2H3,(H,26,31). The van der Waals surface area contributed by atoms with E-state index < -0.39 is 5.25 Å². The number of benzene rings is 2. The number of rotatable bonds is 6. The Hall–Kier alpha value is -3.85. The molecule has 1 atom stereocenters. The van der Waals surface area contributed by atoms with Crippen LogP contribution in [0.1, 0.15) is 18.2 Å². The van der Waals surface area contributed by atoms with Gasteiger partial charge in [0.25, 0.3) is 0 Å². The molecule has 0 fully saturated rings. The van der Waals surface area contributed by atoms with Crippen LogP contribution in [0.4, 0.5) is 11.4 Å². The van der Waals surface area contributed by atoms with Crippen LogP contribution in [0.25, 0.3) is 11.4 Å². The van der Waals surface area contributed by atoms with Crippen LogP contribution in [0.2, 0.25) is 0 Å². The molecule has 3 heterocycles. The molecule has 172 valence electrons. The molecule has 4 aromatic rings. The monoisotopic (exact) mass is 473 g/mol. The zero-order chi connectivity index (χ0) is 23.7. The molecular formula is C25H23N5O3S. The van der Waals surface area contributed by atoms with Crippen LogP contribution in [-0.2, 0) is 16.1 Å². The van der Waals surface area contributed by atoms with Gasteiger partial charge >= 0.3 is 0 Å². The zero-order valence-corrected chi connectivity index (χ0v) is 19.6. The Kier molecular flexibility index (Phi) is 5.93. The zero-order valence-electron chi connectivity index (χ0n) is 18.8. The van der Waals surface area contributed by atoms with Crippen LogP contribution in [0.5, 0.6) is 0 Å². The molecule has 2 aromatic carbocycles. The molecule has 0 saturated carbocycles. The number of carbonyl (C=O) groups excluding carboxylic acids is 2. The highest BCUT2D eigenvalue weighted by atomic mass is 32.2. The van der Waals surface area contributed by atoms with Gasteiger partial charge in [0.05, 0.1) is 29.4 Å². The topological polar surface area (TPSA) is 93.3 Å². The summed E-state index contributed by atoms with van der Waals surface area (Å²) in [4.78, 5) is 27.1. The summed E-state index contributed by atoms with van der Waals surface area (Å²) >= 11 is 1.31. The van der Waals surface area contributed by atoms with Crippen LogP contribution in [-0.4, -0.2) is 38.4 Å². The second kappa shape index (κ2) is 9.18. The van der Waals surface area contributed by atoms with Gasteiger partial charge in [0.15, 0.2) is 11.0 Å². The summed E-state index contributed by atoms with van der Waals surface area (Å²) in [5, 5.41) is 11.8. The van der Waals surface area contributed by atoms with Gasteiger partial charge < -0.3 is 9.73 Å². The first-order chi connectivity index (χ1) is 16.5. The van der Waals surface area contributed by atoms with Gasteiger partial charge in [0.1, 0.15) is 12.3 Å². The second-order valence-electron chi connectivity index (χ2n) is 8.09. The number of aryl methyl sites for hydroxylation is 1. The van der Waals surface area contributed by atoms with Crippen molar-refractivity contribution in [3.63, 3.8) is 0 Å². The number of aromatic nitrogens is 3. The number of amides is 2. The lowest BCUT2D eigenvalue weighted by Crippen LogP contribution is -2.45. The number of thioether (sulfide) groups is 1. The van der Waals surface area contributed by atoms with E-state index in [0.29, 0.717) is 28.9 Å². The Morgan fingerprint density at radius 2 is 2.00 bits per heavy atom. The Morgan fingerprint density at radius 1 is 1.15 bits per heavy atom. The smallest absolute Gasteiger partial charge is 0.244 e. The average molecular weight is 474 g/mol. The molecule has 9 heteroatoms. The lowest BCUT2D eigenvalue weighted by atomic mass is 10.1. The molecule has 1 aliphatic rings. The number of nitrogens with one attached hydrogen (secondary N) is 1. The highest BCUT2D eigenvalue weighted by Gasteiger charge is 2.31. The summed E-state index contributed by atoms with van der Waals surface area (Å²) in [6, 6.07) is 19.1. The average Bonchev–Trinajstić information content (AvgIpc) is 3.48. The summed E-state index contributed by atoms with van der Waals surface area (Å²) in [5.74, 6) is 1.07. The van der Waals surface area contributed by atoms with E-state index in [4.69, 9.17) is 4.42 Å². The maximum Gasteiger partial charge on any atom is 0.244 e. The number of hydrogen-bond acceptors (Lipinski definition) is 6. The van der Waals surface area contributed by atoms with E-state index in [1.165, 1.54) is 16.7 Å². The first-order valence-corrected chi connectivity index (χ1v) is 11.8. The minimum atomic E-state index is -0.496. The van der Waals surface area contributed by atoms with Gasteiger partial charge in [-0.15, -0.1) is 10.2 Å². The molecule has 0 aliphatic carbocycles. The lowest BCUT2D eigenvalue weighted by molar-refractivity contribution is -0.121. The molecule has 2 aromatic heterocycles. The molecule has 0 saturated heterocycles. The molecule has 1 N–H and O–H groups in total. The predicted molar refractivity (Wildman–Crippen MR) is 131 cm³/mol. The van der Waals surface area contributed by atoms with Crippen molar-refractivity contribution in [3.05, 3.63) is 78.3 Å². The van der Waals surface area contributed by atoms with Crippen LogP contribution in [0, 0.1) is 6.92 Å². The van der Waals surface area contributed by atoms with Gasteiger partial charge in [-0.05, 0) is 44.2 Å². The summed E-state index contributed by atoms with van der Waals surface area (Å²) in [6.45, 7) is 4.26. The van der Waals surface area contributed by atoms with Crippen molar-refractivity contribution in [3.8, 4) is 11.4 Å². The SMILES string of the molecule is Cc1cccc(-c2nnc(SC(C)C(=O)N3CC(=O)Nc4ccccc43)n2Cc2ccco2)c1. The minimum Gasteiger partial charge on any atom is -0.467 e. The molecule has 8 nitrogen and oxygen atoms in total. The van der Waals surface area contributed by atoms with E-state index in [2.05, 4.69) is 21.6 Å². The van der Waals surface area contributed by atoms with Gasteiger partial charge in [-0.1, -0.05) is 47.7 Å². The lowest BCUT2D eigenvalue weighted by Gasteiger charge is -2.30. The molecule has 0 bridgehead atoms. The van der Waals surface area contributed by atoms with E-state index in [1.54, 1.807) is 12.3 Å². The largest absolute Gasteiger partial charge is 0.467 e. The quantitative estimate of drug-likeness (QED) is 0.418. The Labute approximate surface area is 201 Å². The highest BCUT2D eigenvalue weighted by molar-refractivity contribution is 8.00.